The molecule has 1 aromatic heterocycles. The number of nitrogens with zero attached hydrogens (tertiary/aromatic N) is 4. The van der Waals surface area contributed by atoms with E-state index in [1.807, 2.05) is 6.92 Å². The Kier molecular flexibility index (Phi) is 4.46. The molecule has 18 heavy (non-hydrogen) atoms. The van der Waals surface area contributed by atoms with Gasteiger partial charge in [-0.3, -0.25) is 0 Å². The number of thioether (sulfide) groups is 1. The molecule has 2 heterocycles. The van der Waals surface area contributed by atoms with E-state index in [-0.39, 0.29) is 11.1 Å². The van der Waals surface area contributed by atoms with E-state index in [1.54, 1.807) is 11.8 Å². The largest absolute Gasteiger partial charge is 0.409 e. The molecule has 1 aromatic rings. The first-order valence-corrected chi connectivity index (χ1v) is 7.14. The Morgan fingerprint density at radius 1 is 1.50 bits per heavy atom. The molecule has 7 heteroatoms. The lowest BCUT2D eigenvalue weighted by atomic mass is 10.2. The Morgan fingerprint density at radius 2 is 2.33 bits per heavy atom. The van der Waals surface area contributed by atoms with Gasteiger partial charge in [-0.15, -0.1) is 10.2 Å². The van der Waals surface area contributed by atoms with E-state index in [0.29, 0.717) is 6.42 Å². The number of oxime groups is 1. The van der Waals surface area contributed by atoms with E-state index in [9.17, 15) is 0 Å². The minimum Gasteiger partial charge on any atom is -0.409 e. The van der Waals surface area contributed by atoms with Crippen LogP contribution in [0.15, 0.2) is 10.3 Å². The summed E-state index contributed by atoms with van der Waals surface area (Å²) in [5.74, 6) is 1.34. The molecule has 6 nitrogen and oxygen atoms in total. The van der Waals surface area contributed by atoms with Crippen molar-refractivity contribution in [3.05, 3.63) is 5.82 Å². The topological polar surface area (TPSA) is 89.3 Å². The van der Waals surface area contributed by atoms with E-state index < -0.39 is 0 Å². The van der Waals surface area contributed by atoms with Crippen molar-refractivity contribution in [3.63, 3.8) is 0 Å². The van der Waals surface area contributed by atoms with Gasteiger partial charge in [0, 0.05) is 24.6 Å². The second-order valence-electron chi connectivity index (χ2n) is 4.59. The number of fused-ring (bicyclic) bond motifs is 1. The highest BCUT2D eigenvalue weighted by Crippen LogP contribution is 2.26. The van der Waals surface area contributed by atoms with Crippen LogP contribution in [-0.2, 0) is 13.0 Å². The normalized spacial score (nSPS) is 18.2. The first kappa shape index (κ1) is 13.2. The molecule has 1 aliphatic rings. The van der Waals surface area contributed by atoms with Crippen LogP contribution in [0, 0.1) is 0 Å². The molecule has 0 aromatic carbocycles. The third-order valence-electron chi connectivity index (χ3n) is 3.01. The van der Waals surface area contributed by atoms with Gasteiger partial charge in [-0.05, 0) is 12.8 Å². The van der Waals surface area contributed by atoms with Crippen LogP contribution in [-0.4, -0.2) is 31.1 Å². The fraction of sp³-hybridized carbons (Fsp3) is 0.727. The summed E-state index contributed by atoms with van der Waals surface area (Å²) in [5, 5.41) is 21.2. The Bertz CT molecular complexity index is 431. The molecule has 0 saturated carbocycles. The molecule has 0 aliphatic carbocycles. The van der Waals surface area contributed by atoms with Gasteiger partial charge in [0.05, 0.1) is 0 Å². The Balaban J connectivity index is 2.03. The van der Waals surface area contributed by atoms with Crippen LogP contribution >= 0.6 is 11.8 Å². The van der Waals surface area contributed by atoms with Crippen LogP contribution < -0.4 is 5.73 Å². The second kappa shape index (κ2) is 6.08. The Hall–Kier alpha value is -1.24. The molecule has 0 amide bonds. The van der Waals surface area contributed by atoms with E-state index in [1.165, 1.54) is 19.3 Å². The molecule has 1 aliphatic heterocycles. The second-order valence-corrected chi connectivity index (χ2v) is 5.99. The van der Waals surface area contributed by atoms with Crippen molar-refractivity contribution in [2.24, 2.45) is 10.9 Å². The monoisotopic (exact) mass is 269 g/mol. The minimum atomic E-state index is 0.220. The molecule has 0 spiro atoms. The average molecular weight is 269 g/mol. The molecule has 0 saturated heterocycles. The number of aromatic nitrogens is 3. The summed E-state index contributed by atoms with van der Waals surface area (Å²) in [6.07, 6.45) is 5.20. The van der Waals surface area contributed by atoms with E-state index in [4.69, 9.17) is 10.9 Å². The zero-order valence-corrected chi connectivity index (χ0v) is 11.4. The number of hydrogen-bond donors (Lipinski definition) is 2. The highest BCUT2D eigenvalue weighted by molar-refractivity contribution is 7.99. The van der Waals surface area contributed by atoms with Gasteiger partial charge in [0.15, 0.2) is 5.16 Å². The van der Waals surface area contributed by atoms with Gasteiger partial charge in [-0.1, -0.05) is 30.3 Å². The highest BCUT2D eigenvalue weighted by atomic mass is 32.2. The van der Waals surface area contributed by atoms with Crippen LogP contribution in [0.1, 0.15) is 38.4 Å². The fourth-order valence-corrected chi connectivity index (χ4v) is 3.13. The van der Waals surface area contributed by atoms with Gasteiger partial charge in [0.1, 0.15) is 11.7 Å². The summed E-state index contributed by atoms with van der Waals surface area (Å²) in [6, 6.07) is 0. The maximum absolute atomic E-state index is 8.56. The van der Waals surface area contributed by atoms with Crippen molar-refractivity contribution in [1.29, 1.82) is 0 Å². The standard InChI is InChI=1S/C11H19N5OS/c1-8(7-9(12)15-17)18-11-14-13-10-5-3-2-4-6-16(10)11/h8,17H,2-7H2,1H3,(H2,12,15). The van der Waals surface area contributed by atoms with Crippen LogP contribution in [0.4, 0.5) is 0 Å². The third kappa shape index (κ3) is 3.16. The number of amidine groups is 1. The fourth-order valence-electron chi connectivity index (χ4n) is 2.10. The summed E-state index contributed by atoms with van der Waals surface area (Å²) in [7, 11) is 0. The lowest BCUT2D eigenvalue weighted by Gasteiger charge is -2.11. The molecule has 1 atom stereocenters. The van der Waals surface area contributed by atoms with Crippen molar-refractivity contribution in [3.8, 4) is 0 Å². The first-order chi connectivity index (χ1) is 8.70. The Morgan fingerprint density at radius 3 is 3.11 bits per heavy atom. The molecule has 0 radical (unpaired) electrons. The molecule has 100 valence electrons. The van der Waals surface area contributed by atoms with E-state index >= 15 is 0 Å². The maximum atomic E-state index is 8.56. The van der Waals surface area contributed by atoms with Gasteiger partial charge in [0.25, 0.3) is 0 Å². The lowest BCUT2D eigenvalue weighted by molar-refractivity contribution is 0.317. The van der Waals surface area contributed by atoms with Gasteiger partial charge < -0.3 is 15.5 Å². The molecular formula is C11H19N5OS. The van der Waals surface area contributed by atoms with E-state index in [2.05, 4.69) is 19.9 Å². The number of nitrogens with two attached hydrogens (primary N) is 1. The molecule has 1 unspecified atom stereocenters. The van der Waals surface area contributed by atoms with Crippen LogP contribution in [0.5, 0.6) is 0 Å². The number of hydrogen-bond acceptors (Lipinski definition) is 5. The van der Waals surface area contributed by atoms with Crippen molar-refractivity contribution in [2.45, 2.75) is 56.0 Å². The lowest BCUT2D eigenvalue weighted by Crippen LogP contribution is -2.17. The molecular weight excluding hydrogens is 250 g/mol. The predicted molar refractivity (Wildman–Crippen MR) is 70.9 cm³/mol. The van der Waals surface area contributed by atoms with Crippen molar-refractivity contribution in [1.82, 2.24) is 14.8 Å². The van der Waals surface area contributed by atoms with Crippen molar-refractivity contribution >= 4 is 17.6 Å². The first-order valence-electron chi connectivity index (χ1n) is 6.26. The third-order valence-corrected chi connectivity index (χ3v) is 4.09. The van der Waals surface area contributed by atoms with Gasteiger partial charge in [-0.25, -0.2) is 0 Å². The van der Waals surface area contributed by atoms with Gasteiger partial charge >= 0.3 is 0 Å². The smallest absolute Gasteiger partial charge is 0.191 e. The zero-order chi connectivity index (χ0) is 13.0. The summed E-state index contributed by atoms with van der Waals surface area (Å²) in [5.41, 5.74) is 5.51. The quantitative estimate of drug-likeness (QED) is 0.285. The SMILES string of the molecule is CC(CC(N)=NO)Sc1nnc2n1CCCCC2. The summed E-state index contributed by atoms with van der Waals surface area (Å²) >= 11 is 1.64. The number of aryl methyl sites for hydroxylation is 1. The summed E-state index contributed by atoms with van der Waals surface area (Å²) in [6.45, 7) is 3.04. The summed E-state index contributed by atoms with van der Waals surface area (Å²) in [4.78, 5) is 0. The minimum absolute atomic E-state index is 0.220. The van der Waals surface area contributed by atoms with Crippen molar-refractivity contribution in [2.75, 3.05) is 0 Å². The van der Waals surface area contributed by atoms with Crippen LogP contribution in [0.3, 0.4) is 0 Å². The molecule has 0 bridgehead atoms. The molecule has 0 fully saturated rings. The van der Waals surface area contributed by atoms with E-state index in [0.717, 1.165) is 23.9 Å². The predicted octanol–water partition coefficient (Wildman–Crippen LogP) is 1.62. The maximum Gasteiger partial charge on any atom is 0.191 e. The molecule has 2 rings (SSSR count). The van der Waals surface area contributed by atoms with Gasteiger partial charge in [-0.2, -0.15) is 0 Å². The van der Waals surface area contributed by atoms with Gasteiger partial charge in [0.2, 0.25) is 0 Å². The summed E-state index contributed by atoms with van der Waals surface area (Å²) < 4.78 is 2.21. The van der Waals surface area contributed by atoms with Crippen molar-refractivity contribution < 1.29 is 5.21 Å². The highest BCUT2D eigenvalue weighted by Gasteiger charge is 2.17. The van der Waals surface area contributed by atoms with Crippen LogP contribution in [0.2, 0.25) is 0 Å². The van der Waals surface area contributed by atoms with Crippen LogP contribution in [0.25, 0.3) is 0 Å². The molecule has 3 N–H and O–H groups in total. The Labute approximate surface area is 111 Å². The number of rotatable bonds is 4. The zero-order valence-electron chi connectivity index (χ0n) is 10.5. The average Bonchev–Trinajstić information content (AvgIpc) is 2.59.